The fourth-order valence-corrected chi connectivity index (χ4v) is 2.89. The van der Waals surface area contributed by atoms with Gasteiger partial charge in [0.05, 0.1) is 11.3 Å². The zero-order valence-electron chi connectivity index (χ0n) is 16.0. The quantitative estimate of drug-likeness (QED) is 0.656. The molecule has 2 N–H and O–H groups in total. The van der Waals surface area contributed by atoms with Crippen molar-refractivity contribution in [2.24, 2.45) is 5.92 Å². The Bertz CT molecular complexity index is 1020. The highest BCUT2D eigenvalue weighted by Gasteiger charge is 2.26. The average molecular weight is 397 g/mol. The molecule has 0 aliphatic rings. The molecule has 0 aliphatic carbocycles. The van der Waals surface area contributed by atoms with Crippen LogP contribution in [0.5, 0.6) is 0 Å². The predicted molar refractivity (Wildman–Crippen MR) is 107 cm³/mol. The van der Waals surface area contributed by atoms with Crippen LogP contribution in [0.2, 0.25) is 0 Å². The second-order valence-electron chi connectivity index (χ2n) is 6.92. The molecule has 1 unspecified atom stereocenters. The molecule has 0 aliphatic heterocycles. The van der Waals surface area contributed by atoms with E-state index in [0.29, 0.717) is 5.69 Å². The molecule has 0 saturated heterocycles. The minimum absolute atomic E-state index is 0.00742. The number of anilines is 1. The Labute approximate surface area is 167 Å². The molecule has 5 nitrogen and oxygen atoms in total. The van der Waals surface area contributed by atoms with Gasteiger partial charge in [0.2, 0.25) is 5.91 Å². The molecule has 7 heteroatoms. The molecule has 29 heavy (non-hydrogen) atoms. The molecule has 0 saturated carbocycles. The Morgan fingerprint density at radius 2 is 1.62 bits per heavy atom. The number of nitrogens with one attached hydrogen (secondary N) is 2. The first-order valence-electron chi connectivity index (χ1n) is 9.16. The van der Waals surface area contributed by atoms with Crippen LogP contribution in [-0.2, 0) is 4.79 Å². The summed E-state index contributed by atoms with van der Waals surface area (Å²) in [4.78, 5) is 25.2. The van der Waals surface area contributed by atoms with Gasteiger partial charge in [-0.3, -0.25) is 9.59 Å². The van der Waals surface area contributed by atoms with Gasteiger partial charge in [-0.1, -0.05) is 26.0 Å². The van der Waals surface area contributed by atoms with Gasteiger partial charge < -0.3 is 15.2 Å². The van der Waals surface area contributed by atoms with Crippen molar-refractivity contribution in [1.29, 1.82) is 0 Å². The minimum atomic E-state index is -0.975. The molecule has 150 valence electrons. The lowest BCUT2D eigenvalue weighted by atomic mass is 10.0. The Morgan fingerprint density at radius 1 is 0.931 bits per heavy atom. The maximum absolute atomic E-state index is 14.3. The van der Waals surface area contributed by atoms with Gasteiger partial charge in [-0.15, -0.1) is 0 Å². The number of nitrogens with zero attached hydrogens (tertiary/aromatic N) is 1. The van der Waals surface area contributed by atoms with Crippen molar-refractivity contribution in [3.05, 3.63) is 84.2 Å². The zero-order valence-corrected chi connectivity index (χ0v) is 16.0. The van der Waals surface area contributed by atoms with E-state index in [9.17, 15) is 18.4 Å². The minimum Gasteiger partial charge on any atom is -0.340 e. The highest BCUT2D eigenvalue weighted by Crippen LogP contribution is 2.20. The Kier molecular flexibility index (Phi) is 6.07. The van der Waals surface area contributed by atoms with Crippen LogP contribution in [0.1, 0.15) is 24.2 Å². The number of amides is 2. The van der Waals surface area contributed by atoms with Gasteiger partial charge in [0, 0.05) is 18.1 Å². The van der Waals surface area contributed by atoms with E-state index in [1.165, 1.54) is 36.4 Å². The molecule has 0 spiro atoms. The van der Waals surface area contributed by atoms with Gasteiger partial charge in [-0.25, -0.2) is 8.78 Å². The lowest BCUT2D eigenvalue weighted by Gasteiger charge is -2.22. The first-order valence-corrected chi connectivity index (χ1v) is 9.16. The van der Waals surface area contributed by atoms with Gasteiger partial charge in [0.25, 0.3) is 5.91 Å². The summed E-state index contributed by atoms with van der Waals surface area (Å²) < 4.78 is 29.9. The van der Waals surface area contributed by atoms with Crippen LogP contribution in [0, 0.1) is 17.6 Å². The van der Waals surface area contributed by atoms with E-state index in [0.717, 1.165) is 0 Å². The fraction of sp³-hybridized carbons (Fsp3) is 0.182. The van der Waals surface area contributed by atoms with E-state index < -0.39 is 29.5 Å². The van der Waals surface area contributed by atoms with Crippen LogP contribution in [-0.4, -0.2) is 22.4 Å². The molecular formula is C22H21F2N3O2. The predicted octanol–water partition coefficient (Wildman–Crippen LogP) is 4.15. The van der Waals surface area contributed by atoms with Crippen LogP contribution < -0.4 is 10.6 Å². The van der Waals surface area contributed by atoms with Gasteiger partial charge in [-0.05, 0) is 48.4 Å². The summed E-state index contributed by atoms with van der Waals surface area (Å²) in [7, 11) is 0. The van der Waals surface area contributed by atoms with E-state index >= 15 is 0 Å². The number of hydrogen-bond donors (Lipinski definition) is 2. The standard InChI is InChI=1S/C22H21F2N3O2/c1-14(2)20(26-21(28)16-7-3-4-8-17(16)23)22(29)25-19-13-15(9-10-18(19)24)27-11-5-6-12-27/h3-14,20H,1-2H3,(H,25,29)(H,26,28). The molecule has 2 aromatic carbocycles. The van der Waals surface area contributed by atoms with Crippen molar-refractivity contribution in [3.8, 4) is 5.69 Å². The largest absolute Gasteiger partial charge is 0.340 e. The molecule has 1 heterocycles. The van der Waals surface area contributed by atoms with Crippen molar-refractivity contribution >= 4 is 17.5 Å². The highest BCUT2D eigenvalue weighted by molar-refractivity contribution is 6.01. The first-order chi connectivity index (χ1) is 13.9. The van der Waals surface area contributed by atoms with Crippen LogP contribution in [0.15, 0.2) is 67.0 Å². The van der Waals surface area contributed by atoms with Gasteiger partial charge in [0.1, 0.15) is 17.7 Å². The van der Waals surface area contributed by atoms with Gasteiger partial charge in [0.15, 0.2) is 0 Å². The van der Waals surface area contributed by atoms with Crippen LogP contribution in [0.25, 0.3) is 5.69 Å². The molecule has 3 aromatic rings. The van der Waals surface area contributed by atoms with E-state index in [4.69, 9.17) is 0 Å². The zero-order chi connectivity index (χ0) is 21.0. The summed E-state index contributed by atoms with van der Waals surface area (Å²) in [6, 6.07) is 12.5. The number of benzene rings is 2. The third-order valence-electron chi connectivity index (χ3n) is 4.46. The van der Waals surface area contributed by atoms with Gasteiger partial charge >= 0.3 is 0 Å². The maximum Gasteiger partial charge on any atom is 0.254 e. The van der Waals surface area contributed by atoms with Crippen LogP contribution >= 0.6 is 0 Å². The van der Waals surface area contributed by atoms with E-state index in [-0.39, 0.29) is 17.2 Å². The molecule has 1 aromatic heterocycles. The van der Waals surface area contributed by atoms with Crippen molar-refractivity contribution in [2.45, 2.75) is 19.9 Å². The summed E-state index contributed by atoms with van der Waals surface area (Å²) in [6.45, 7) is 3.47. The second kappa shape index (κ2) is 8.68. The summed E-state index contributed by atoms with van der Waals surface area (Å²) >= 11 is 0. The lowest BCUT2D eigenvalue weighted by Crippen LogP contribution is -2.47. The Balaban J connectivity index is 1.79. The summed E-state index contributed by atoms with van der Waals surface area (Å²) in [5.41, 5.74) is 0.502. The van der Waals surface area contributed by atoms with E-state index in [2.05, 4.69) is 10.6 Å². The molecule has 0 bridgehead atoms. The lowest BCUT2D eigenvalue weighted by molar-refractivity contribution is -0.118. The number of carbonyl (C=O) groups excluding carboxylic acids is 2. The molecule has 1 atom stereocenters. The third kappa shape index (κ3) is 4.68. The number of halogens is 2. The molecule has 3 rings (SSSR count). The molecule has 2 amide bonds. The highest BCUT2D eigenvalue weighted by atomic mass is 19.1. The van der Waals surface area contributed by atoms with Crippen LogP contribution in [0.3, 0.4) is 0 Å². The summed E-state index contributed by atoms with van der Waals surface area (Å²) in [5.74, 6) is -2.89. The smallest absolute Gasteiger partial charge is 0.254 e. The maximum atomic E-state index is 14.3. The van der Waals surface area contributed by atoms with Crippen molar-refractivity contribution in [1.82, 2.24) is 9.88 Å². The number of hydrogen-bond acceptors (Lipinski definition) is 2. The first kappa shape index (κ1) is 20.3. The van der Waals surface area contributed by atoms with E-state index in [1.807, 2.05) is 12.1 Å². The Morgan fingerprint density at radius 3 is 2.28 bits per heavy atom. The van der Waals surface area contributed by atoms with Crippen molar-refractivity contribution in [3.63, 3.8) is 0 Å². The Hall–Kier alpha value is -3.48. The van der Waals surface area contributed by atoms with Gasteiger partial charge in [-0.2, -0.15) is 0 Å². The van der Waals surface area contributed by atoms with Crippen molar-refractivity contribution in [2.75, 3.05) is 5.32 Å². The number of aromatic nitrogens is 1. The average Bonchev–Trinajstić information content (AvgIpc) is 3.22. The summed E-state index contributed by atoms with van der Waals surface area (Å²) in [6.07, 6.45) is 3.59. The molecular weight excluding hydrogens is 376 g/mol. The molecule has 0 fully saturated rings. The number of carbonyl (C=O) groups is 2. The number of rotatable bonds is 6. The topological polar surface area (TPSA) is 63.1 Å². The monoisotopic (exact) mass is 397 g/mol. The SMILES string of the molecule is CC(C)C(NC(=O)c1ccccc1F)C(=O)Nc1cc(-n2cccc2)ccc1F. The van der Waals surface area contributed by atoms with Crippen LogP contribution in [0.4, 0.5) is 14.5 Å². The normalized spacial score (nSPS) is 11.9. The van der Waals surface area contributed by atoms with E-state index in [1.54, 1.807) is 36.9 Å². The second-order valence-corrected chi connectivity index (χ2v) is 6.92. The third-order valence-corrected chi connectivity index (χ3v) is 4.46. The van der Waals surface area contributed by atoms with Crippen molar-refractivity contribution < 1.29 is 18.4 Å². The fourth-order valence-electron chi connectivity index (χ4n) is 2.89. The summed E-state index contributed by atoms with van der Waals surface area (Å²) in [5, 5.41) is 5.07. The molecule has 0 radical (unpaired) electrons.